The van der Waals surface area contributed by atoms with E-state index in [9.17, 15) is 18.0 Å². The number of amides is 1. The van der Waals surface area contributed by atoms with E-state index in [0.29, 0.717) is 5.56 Å². The minimum atomic E-state index is -3.56. The summed E-state index contributed by atoms with van der Waals surface area (Å²) in [6, 6.07) is 12.0. The second-order valence-corrected chi connectivity index (χ2v) is 8.07. The van der Waals surface area contributed by atoms with Crippen molar-refractivity contribution >= 4 is 32.5 Å². The Balaban J connectivity index is 2.41. The maximum absolute atomic E-state index is 12.2. The predicted molar refractivity (Wildman–Crippen MR) is 91.4 cm³/mol. The molecule has 0 aliphatic carbocycles. The van der Waals surface area contributed by atoms with Crippen LogP contribution < -0.4 is 5.32 Å². The molecule has 0 radical (unpaired) electrons. The van der Waals surface area contributed by atoms with Gasteiger partial charge in [0.1, 0.15) is 5.25 Å². The number of rotatable bonds is 6. The average molecular weight is 349 g/mol. The van der Waals surface area contributed by atoms with Crippen molar-refractivity contribution in [1.82, 2.24) is 5.32 Å². The first kappa shape index (κ1) is 17.9. The number of sulfone groups is 1. The lowest BCUT2D eigenvalue weighted by Gasteiger charge is -2.21. The van der Waals surface area contributed by atoms with Crippen LogP contribution in [0, 0.1) is 0 Å². The molecule has 2 rings (SSSR count). The summed E-state index contributed by atoms with van der Waals surface area (Å²) in [7, 11) is -3.56. The van der Waals surface area contributed by atoms with Gasteiger partial charge in [0.2, 0.25) is 5.91 Å². The molecule has 128 valence electrons. The molecular formula is C17H19NO5S. The zero-order chi connectivity index (χ0) is 17.9. The molecule has 0 saturated heterocycles. The number of fused-ring (bicyclic) bond motifs is 1. The van der Waals surface area contributed by atoms with Gasteiger partial charge in [0.05, 0.1) is 12.5 Å². The Morgan fingerprint density at radius 2 is 1.75 bits per heavy atom. The first-order chi connectivity index (χ1) is 11.2. The molecule has 0 aliphatic heterocycles. The fourth-order valence-corrected chi connectivity index (χ4v) is 2.91. The normalized spacial score (nSPS) is 14.1. The number of carbonyl (C=O) groups is 2. The Bertz CT molecular complexity index is 870. The Labute approximate surface area is 140 Å². The lowest BCUT2D eigenvalue weighted by Crippen LogP contribution is -2.40. The van der Waals surface area contributed by atoms with Gasteiger partial charge in [-0.05, 0) is 23.3 Å². The first-order valence-corrected chi connectivity index (χ1v) is 9.34. The molecule has 0 saturated carbocycles. The largest absolute Gasteiger partial charge is 0.481 e. The third-order valence-electron chi connectivity index (χ3n) is 3.91. The van der Waals surface area contributed by atoms with E-state index in [0.717, 1.165) is 17.0 Å². The number of carbonyl (C=O) groups excluding carboxylic acids is 1. The van der Waals surface area contributed by atoms with Crippen molar-refractivity contribution in [2.45, 2.75) is 24.6 Å². The number of hydrogen-bond acceptors (Lipinski definition) is 4. The predicted octanol–water partition coefficient (Wildman–Crippen LogP) is 1.90. The summed E-state index contributed by atoms with van der Waals surface area (Å²) in [4.78, 5) is 23.4. The average Bonchev–Trinajstić information content (AvgIpc) is 2.51. The highest BCUT2D eigenvalue weighted by molar-refractivity contribution is 7.92. The van der Waals surface area contributed by atoms with Gasteiger partial charge in [0.15, 0.2) is 9.84 Å². The van der Waals surface area contributed by atoms with E-state index in [4.69, 9.17) is 5.11 Å². The van der Waals surface area contributed by atoms with Crippen LogP contribution in [-0.2, 0) is 19.4 Å². The maximum atomic E-state index is 12.2. The number of aliphatic carboxylic acids is 1. The van der Waals surface area contributed by atoms with Crippen LogP contribution >= 0.6 is 0 Å². The highest BCUT2D eigenvalue weighted by Gasteiger charge is 2.27. The summed E-state index contributed by atoms with van der Waals surface area (Å²) in [5, 5.41) is 12.2. The highest BCUT2D eigenvalue weighted by Crippen LogP contribution is 2.26. The van der Waals surface area contributed by atoms with Crippen molar-refractivity contribution in [3.8, 4) is 0 Å². The van der Waals surface area contributed by atoms with Crippen molar-refractivity contribution < 1.29 is 23.1 Å². The molecule has 0 aromatic heterocycles. The third kappa shape index (κ3) is 4.11. The summed E-state index contributed by atoms with van der Waals surface area (Å²) in [5.74, 6) is -1.79. The summed E-state index contributed by atoms with van der Waals surface area (Å²) in [6.07, 6.45) is 0.637. The van der Waals surface area contributed by atoms with Crippen LogP contribution in [0.5, 0.6) is 0 Å². The fraction of sp³-hybridized carbons (Fsp3) is 0.294. The molecule has 0 bridgehead atoms. The second kappa shape index (κ2) is 7.00. The molecule has 24 heavy (non-hydrogen) atoms. The van der Waals surface area contributed by atoms with Gasteiger partial charge in [0, 0.05) is 6.26 Å². The van der Waals surface area contributed by atoms with Gasteiger partial charge in [-0.1, -0.05) is 42.5 Å². The Morgan fingerprint density at radius 3 is 2.38 bits per heavy atom. The monoisotopic (exact) mass is 349 g/mol. The van der Waals surface area contributed by atoms with Crippen LogP contribution in [0.15, 0.2) is 42.5 Å². The van der Waals surface area contributed by atoms with Gasteiger partial charge in [-0.2, -0.15) is 0 Å². The van der Waals surface area contributed by atoms with Gasteiger partial charge in [-0.25, -0.2) is 8.42 Å². The first-order valence-electron chi connectivity index (χ1n) is 7.39. The number of nitrogens with one attached hydrogen (secondary N) is 1. The molecule has 2 N–H and O–H groups in total. The molecule has 0 spiro atoms. The van der Waals surface area contributed by atoms with Crippen LogP contribution in [-0.4, -0.2) is 36.9 Å². The highest BCUT2D eigenvalue weighted by atomic mass is 32.2. The van der Waals surface area contributed by atoms with E-state index in [-0.39, 0.29) is 6.42 Å². The van der Waals surface area contributed by atoms with Crippen molar-refractivity contribution in [3.63, 3.8) is 0 Å². The zero-order valence-corrected chi connectivity index (χ0v) is 14.2. The SMILES string of the molecule is CC(C(=O)N[C@H](CC(=O)O)c1cccc2ccccc12)S(C)(=O)=O. The van der Waals surface area contributed by atoms with Crippen molar-refractivity contribution in [2.75, 3.05) is 6.26 Å². The molecule has 2 aromatic carbocycles. The maximum Gasteiger partial charge on any atom is 0.305 e. The Kier molecular flexibility index (Phi) is 5.23. The van der Waals surface area contributed by atoms with Crippen LogP contribution in [0.3, 0.4) is 0 Å². The number of hydrogen-bond donors (Lipinski definition) is 2. The molecule has 6 nitrogen and oxygen atoms in total. The zero-order valence-electron chi connectivity index (χ0n) is 13.4. The summed E-state index contributed by atoms with van der Waals surface area (Å²) in [6.45, 7) is 1.28. The van der Waals surface area contributed by atoms with Crippen molar-refractivity contribution in [3.05, 3.63) is 48.0 Å². The van der Waals surface area contributed by atoms with Crippen LogP contribution in [0.4, 0.5) is 0 Å². The van der Waals surface area contributed by atoms with Crippen LogP contribution in [0.25, 0.3) is 10.8 Å². The molecule has 0 heterocycles. The fourth-order valence-electron chi connectivity index (χ4n) is 2.45. The van der Waals surface area contributed by atoms with E-state index in [1.807, 2.05) is 30.3 Å². The lowest BCUT2D eigenvalue weighted by molar-refractivity contribution is -0.137. The minimum absolute atomic E-state index is 0.337. The van der Waals surface area contributed by atoms with Gasteiger partial charge in [-0.3, -0.25) is 9.59 Å². The summed E-state index contributed by atoms with van der Waals surface area (Å²) >= 11 is 0. The van der Waals surface area contributed by atoms with E-state index >= 15 is 0 Å². The van der Waals surface area contributed by atoms with Gasteiger partial charge >= 0.3 is 5.97 Å². The van der Waals surface area contributed by atoms with Crippen molar-refractivity contribution in [2.24, 2.45) is 0 Å². The molecule has 1 amide bonds. The van der Waals surface area contributed by atoms with Gasteiger partial charge < -0.3 is 10.4 Å². The van der Waals surface area contributed by atoms with Gasteiger partial charge in [-0.15, -0.1) is 0 Å². The number of carboxylic acids is 1. The van der Waals surface area contributed by atoms with E-state index in [1.165, 1.54) is 6.92 Å². The van der Waals surface area contributed by atoms with Crippen molar-refractivity contribution in [1.29, 1.82) is 0 Å². The standard InChI is InChI=1S/C17H19NO5S/c1-11(24(2,22)23)17(21)18-15(10-16(19)20)14-9-5-7-12-6-3-4-8-13(12)14/h3-9,11,15H,10H2,1-2H3,(H,18,21)(H,19,20)/t11?,15-/m1/s1. The molecular weight excluding hydrogens is 330 g/mol. The lowest BCUT2D eigenvalue weighted by atomic mass is 9.96. The minimum Gasteiger partial charge on any atom is -0.481 e. The van der Waals surface area contributed by atoms with Crippen LogP contribution in [0.2, 0.25) is 0 Å². The van der Waals surface area contributed by atoms with E-state index in [2.05, 4.69) is 5.32 Å². The third-order valence-corrected chi connectivity index (χ3v) is 5.40. The Hall–Kier alpha value is -2.41. The topological polar surface area (TPSA) is 101 Å². The molecule has 2 atom stereocenters. The van der Waals surface area contributed by atoms with E-state index in [1.54, 1.807) is 12.1 Å². The Morgan fingerprint density at radius 1 is 1.12 bits per heavy atom. The number of benzene rings is 2. The number of carboxylic acid groups (broad SMARTS) is 1. The molecule has 0 aliphatic rings. The molecule has 0 fully saturated rings. The van der Waals surface area contributed by atoms with E-state index < -0.39 is 33.0 Å². The quantitative estimate of drug-likeness (QED) is 0.829. The van der Waals surface area contributed by atoms with Gasteiger partial charge in [0.25, 0.3) is 0 Å². The summed E-state index contributed by atoms with van der Waals surface area (Å²) < 4.78 is 23.1. The smallest absolute Gasteiger partial charge is 0.305 e. The second-order valence-electron chi connectivity index (χ2n) is 5.70. The summed E-state index contributed by atoms with van der Waals surface area (Å²) in [5.41, 5.74) is 0.643. The molecule has 1 unspecified atom stereocenters. The molecule has 2 aromatic rings. The molecule has 7 heteroatoms. The van der Waals surface area contributed by atoms with Crippen LogP contribution in [0.1, 0.15) is 24.9 Å².